The van der Waals surface area contributed by atoms with Crippen molar-refractivity contribution in [3.05, 3.63) is 65.7 Å². The number of hydrogen-bond acceptors (Lipinski definition) is 8. The van der Waals surface area contributed by atoms with Crippen LogP contribution in [0.25, 0.3) is 0 Å². The van der Waals surface area contributed by atoms with Crippen LogP contribution in [0.2, 0.25) is 0 Å². The smallest absolute Gasteiger partial charge is 0.211 e. The van der Waals surface area contributed by atoms with E-state index < -0.39 is 0 Å². The predicted molar refractivity (Wildman–Crippen MR) is 160 cm³/mol. The minimum Gasteiger partial charge on any atom is -0.494 e. The van der Waals surface area contributed by atoms with Crippen LogP contribution in [-0.4, -0.2) is 68.0 Å². The Balaban J connectivity index is 0.000000360. The number of anilines is 2. The van der Waals surface area contributed by atoms with Crippen LogP contribution in [0.4, 0.5) is 11.5 Å². The standard InChI is InChI=1S/C21H23N3O3.C8H14N2O.C2H6/c25-17-23-20-7-6-19(22-16-20)5-2-18-3-8-21(9-4-18)27-13-1-10-24-11-14-26-15-12-24;1-8(2,3)6-5-7(9-4)10-11-6;1-2/h3-4,6-9,16-17H,1,10-15H2,(H,23,25);5H,1-4H3,(H,9,10);1-2H3. The van der Waals surface area contributed by atoms with Crippen molar-refractivity contribution in [2.75, 3.05) is 57.1 Å². The van der Waals surface area contributed by atoms with Gasteiger partial charge in [0.15, 0.2) is 5.82 Å². The van der Waals surface area contributed by atoms with E-state index in [2.05, 4.69) is 58.3 Å². The normalized spacial score (nSPS) is 12.8. The van der Waals surface area contributed by atoms with E-state index in [1.165, 1.54) is 0 Å². The lowest BCUT2D eigenvalue weighted by Gasteiger charge is -2.26. The molecule has 2 N–H and O–H groups in total. The summed E-state index contributed by atoms with van der Waals surface area (Å²) in [4.78, 5) is 17.0. The maximum atomic E-state index is 10.4. The number of aromatic nitrogens is 2. The molecule has 0 unspecified atom stereocenters. The Morgan fingerprint density at radius 2 is 1.80 bits per heavy atom. The van der Waals surface area contributed by atoms with Gasteiger partial charge >= 0.3 is 0 Å². The molecule has 0 aliphatic carbocycles. The van der Waals surface area contributed by atoms with E-state index in [1.54, 1.807) is 18.3 Å². The van der Waals surface area contributed by atoms with Crippen LogP contribution in [0, 0.1) is 11.8 Å². The molecule has 0 radical (unpaired) electrons. The molecule has 1 aliphatic heterocycles. The summed E-state index contributed by atoms with van der Waals surface area (Å²) in [6.45, 7) is 15.7. The van der Waals surface area contributed by atoms with Crippen molar-refractivity contribution in [2.24, 2.45) is 0 Å². The Morgan fingerprint density at radius 1 is 1.07 bits per heavy atom. The van der Waals surface area contributed by atoms with Crippen molar-refractivity contribution in [3.8, 4) is 17.6 Å². The maximum Gasteiger partial charge on any atom is 0.211 e. The number of carbonyl (C=O) groups excluding carboxylic acids is 1. The number of benzene rings is 1. The molecule has 3 aromatic rings. The zero-order chi connectivity index (χ0) is 29.2. The van der Waals surface area contributed by atoms with E-state index >= 15 is 0 Å². The van der Waals surface area contributed by atoms with Crippen LogP contribution in [0.3, 0.4) is 0 Å². The first kappa shape index (κ1) is 32.3. The van der Waals surface area contributed by atoms with Crippen molar-refractivity contribution < 1.29 is 18.8 Å². The second kappa shape index (κ2) is 17.7. The van der Waals surface area contributed by atoms with Gasteiger partial charge in [0.25, 0.3) is 0 Å². The lowest BCUT2D eigenvalue weighted by Crippen LogP contribution is -2.37. The quantitative estimate of drug-likeness (QED) is 0.225. The summed E-state index contributed by atoms with van der Waals surface area (Å²) in [7, 11) is 1.82. The van der Waals surface area contributed by atoms with Crippen LogP contribution in [0.5, 0.6) is 5.75 Å². The Morgan fingerprint density at radius 3 is 2.35 bits per heavy atom. The zero-order valence-electron chi connectivity index (χ0n) is 24.6. The maximum absolute atomic E-state index is 10.4. The molecule has 216 valence electrons. The van der Waals surface area contributed by atoms with Gasteiger partial charge in [0.1, 0.15) is 17.2 Å². The summed E-state index contributed by atoms with van der Waals surface area (Å²) in [5, 5.41) is 9.27. The first-order valence-corrected chi connectivity index (χ1v) is 13.7. The van der Waals surface area contributed by atoms with Gasteiger partial charge in [0.05, 0.1) is 31.7 Å². The number of morpholine rings is 1. The Hall–Kier alpha value is -3.87. The van der Waals surface area contributed by atoms with Crippen LogP contribution in [-0.2, 0) is 14.9 Å². The number of carbonyl (C=O) groups is 1. The number of nitrogens with one attached hydrogen (secondary N) is 2. The number of pyridine rings is 1. The molecule has 1 saturated heterocycles. The summed E-state index contributed by atoms with van der Waals surface area (Å²) in [5.74, 6) is 8.62. The highest BCUT2D eigenvalue weighted by atomic mass is 16.5. The van der Waals surface area contributed by atoms with E-state index in [9.17, 15) is 4.79 Å². The fourth-order valence-corrected chi connectivity index (χ4v) is 3.44. The molecule has 0 bridgehead atoms. The van der Waals surface area contributed by atoms with E-state index in [0.717, 1.165) is 62.2 Å². The molecular formula is C31H43N5O4. The van der Waals surface area contributed by atoms with Gasteiger partial charge in [0, 0.05) is 43.7 Å². The third-order valence-electron chi connectivity index (χ3n) is 5.67. The van der Waals surface area contributed by atoms with Gasteiger partial charge in [-0.2, -0.15) is 0 Å². The lowest BCUT2D eigenvalue weighted by atomic mass is 9.93. The molecule has 2 aromatic heterocycles. The van der Waals surface area contributed by atoms with Crippen LogP contribution in [0.15, 0.2) is 53.2 Å². The summed E-state index contributed by atoms with van der Waals surface area (Å²) in [6.07, 6.45) is 3.20. The average Bonchev–Trinajstić information content (AvgIpc) is 3.48. The number of amides is 1. The minimum atomic E-state index is 0.0437. The average molecular weight is 550 g/mol. The predicted octanol–water partition coefficient (Wildman–Crippen LogP) is 5.19. The van der Waals surface area contributed by atoms with E-state index in [0.29, 0.717) is 24.4 Å². The summed E-state index contributed by atoms with van der Waals surface area (Å²) < 4.78 is 16.3. The molecule has 1 aliphatic rings. The molecule has 40 heavy (non-hydrogen) atoms. The van der Waals surface area contributed by atoms with Crippen molar-refractivity contribution >= 4 is 17.9 Å². The van der Waals surface area contributed by atoms with Gasteiger partial charge in [-0.25, -0.2) is 4.98 Å². The SMILES string of the molecule is CC.CNc1cc(C(C)(C)C)on1.O=CNc1ccc(C#Cc2ccc(OCCCN3CCOCC3)cc2)nc1. The van der Waals surface area contributed by atoms with Crippen molar-refractivity contribution in [2.45, 2.75) is 46.5 Å². The molecule has 0 atom stereocenters. The van der Waals surface area contributed by atoms with Crippen molar-refractivity contribution in [1.29, 1.82) is 0 Å². The monoisotopic (exact) mass is 549 g/mol. The molecule has 0 saturated carbocycles. The lowest BCUT2D eigenvalue weighted by molar-refractivity contribution is -0.105. The second-order valence-corrected chi connectivity index (χ2v) is 9.70. The topological polar surface area (TPSA) is 102 Å². The number of rotatable bonds is 8. The third-order valence-corrected chi connectivity index (χ3v) is 5.67. The van der Waals surface area contributed by atoms with Gasteiger partial charge in [-0.15, -0.1) is 0 Å². The summed E-state index contributed by atoms with van der Waals surface area (Å²) >= 11 is 0. The van der Waals surface area contributed by atoms with Gasteiger partial charge < -0.3 is 24.6 Å². The van der Waals surface area contributed by atoms with Gasteiger partial charge in [-0.3, -0.25) is 9.69 Å². The fourth-order valence-electron chi connectivity index (χ4n) is 3.44. The van der Waals surface area contributed by atoms with E-state index in [4.69, 9.17) is 14.0 Å². The van der Waals surface area contributed by atoms with Gasteiger partial charge in [-0.05, 0) is 48.7 Å². The Bertz CT molecular complexity index is 1170. The summed E-state index contributed by atoms with van der Waals surface area (Å²) in [6, 6.07) is 13.2. The first-order valence-electron chi connectivity index (χ1n) is 13.7. The Kier molecular flexibility index (Phi) is 14.3. The Labute approximate surface area is 238 Å². The zero-order valence-corrected chi connectivity index (χ0v) is 24.6. The van der Waals surface area contributed by atoms with Gasteiger partial charge in [0.2, 0.25) is 6.41 Å². The molecule has 4 rings (SSSR count). The molecule has 1 aromatic carbocycles. The summed E-state index contributed by atoms with van der Waals surface area (Å²) in [5.41, 5.74) is 2.23. The van der Waals surface area contributed by atoms with Gasteiger partial charge in [-0.1, -0.05) is 45.7 Å². The molecule has 1 amide bonds. The number of nitrogens with zero attached hydrogens (tertiary/aromatic N) is 3. The van der Waals surface area contributed by atoms with E-state index in [-0.39, 0.29) is 5.41 Å². The minimum absolute atomic E-state index is 0.0437. The molecule has 9 heteroatoms. The van der Waals surface area contributed by atoms with Crippen LogP contribution in [0.1, 0.15) is 58.1 Å². The highest BCUT2D eigenvalue weighted by Crippen LogP contribution is 2.23. The highest BCUT2D eigenvalue weighted by molar-refractivity contribution is 5.70. The van der Waals surface area contributed by atoms with Crippen LogP contribution < -0.4 is 15.4 Å². The fraction of sp³-hybridized carbons (Fsp3) is 0.452. The molecular weight excluding hydrogens is 506 g/mol. The molecule has 0 spiro atoms. The third kappa shape index (κ3) is 11.9. The van der Waals surface area contributed by atoms with Crippen molar-refractivity contribution in [1.82, 2.24) is 15.0 Å². The number of ether oxygens (including phenoxy) is 2. The molecule has 9 nitrogen and oxygen atoms in total. The molecule has 3 heterocycles. The van der Waals surface area contributed by atoms with Crippen molar-refractivity contribution in [3.63, 3.8) is 0 Å². The van der Waals surface area contributed by atoms with E-state index in [1.807, 2.05) is 51.2 Å². The highest BCUT2D eigenvalue weighted by Gasteiger charge is 2.19. The number of hydrogen-bond donors (Lipinski definition) is 2. The molecule has 1 fully saturated rings. The first-order chi connectivity index (χ1) is 19.4. The largest absolute Gasteiger partial charge is 0.494 e. The second-order valence-electron chi connectivity index (χ2n) is 9.70. The van der Waals surface area contributed by atoms with Crippen LogP contribution >= 0.6 is 0 Å².